The van der Waals surface area contributed by atoms with Gasteiger partial charge in [0.2, 0.25) is 5.91 Å². The van der Waals surface area contributed by atoms with Crippen molar-refractivity contribution in [3.05, 3.63) is 53.6 Å². The van der Waals surface area contributed by atoms with Gasteiger partial charge in [-0.05, 0) is 49.2 Å². The molecule has 0 aliphatic heterocycles. The summed E-state index contributed by atoms with van der Waals surface area (Å²) in [5, 5.41) is 5.67. The van der Waals surface area contributed by atoms with Crippen LogP contribution in [0.4, 0.5) is 5.69 Å². The molecule has 0 bridgehead atoms. The van der Waals surface area contributed by atoms with Crippen molar-refractivity contribution in [2.75, 3.05) is 39.3 Å². The van der Waals surface area contributed by atoms with Crippen molar-refractivity contribution in [1.29, 1.82) is 0 Å². The molecule has 2 rings (SSSR count). The zero-order chi connectivity index (χ0) is 21.1. The van der Waals surface area contributed by atoms with Gasteiger partial charge in [0.05, 0.1) is 20.6 Å². The zero-order valence-electron chi connectivity index (χ0n) is 17.1. The van der Waals surface area contributed by atoms with Crippen molar-refractivity contribution in [3.8, 4) is 11.5 Å². The Kier molecular flexibility index (Phi) is 8.98. The quantitative estimate of drug-likeness (QED) is 0.566. The average Bonchev–Trinajstić information content (AvgIpc) is 2.73. The van der Waals surface area contributed by atoms with E-state index < -0.39 is 0 Å². The smallest absolute Gasteiger partial charge is 0.251 e. The minimum absolute atomic E-state index is 0.175. The molecule has 0 heterocycles. The number of carbonyl (C=O) groups is 2. The van der Waals surface area contributed by atoms with E-state index in [0.29, 0.717) is 42.5 Å². The summed E-state index contributed by atoms with van der Waals surface area (Å²) in [6, 6.07) is 12.2. The maximum absolute atomic E-state index is 12.4. The Hall–Kier alpha value is -3.06. The van der Waals surface area contributed by atoms with Crippen molar-refractivity contribution in [3.63, 3.8) is 0 Å². The van der Waals surface area contributed by atoms with Crippen LogP contribution in [0.2, 0.25) is 0 Å². The minimum atomic E-state index is -0.188. The van der Waals surface area contributed by atoms with Gasteiger partial charge in [-0.3, -0.25) is 9.59 Å². The van der Waals surface area contributed by atoms with Crippen molar-refractivity contribution >= 4 is 17.5 Å². The van der Waals surface area contributed by atoms with E-state index in [2.05, 4.69) is 10.6 Å². The number of amides is 2. The second-order valence-corrected chi connectivity index (χ2v) is 6.30. The topological polar surface area (TPSA) is 85.9 Å². The van der Waals surface area contributed by atoms with E-state index in [0.717, 1.165) is 12.0 Å². The lowest BCUT2D eigenvalue weighted by Gasteiger charge is -2.11. The van der Waals surface area contributed by atoms with Crippen LogP contribution in [0.1, 0.15) is 29.3 Å². The van der Waals surface area contributed by atoms with Crippen LogP contribution in [0, 0.1) is 0 Å². The minimum Gasteiger partial charge on any atom is -0.493 e. The van der Waals surface area contributed by atoms with E-state index in [1.54, 1.807) is 50.6 Å². The van der Waals surface area contributed by atoms with Gasteiger partial charge in [-0.15, -0.1) is 0 Å². The normalized spacial score (nSPS) is 10.3. The van der Waals surface area contributed by atoms with E-state index in [9.17, 15) is 9.59 Å². The van der Waals surface area contributed by atoms with Crippen molar-refractivity contribution < 1.29 is 23.8 Å². The molecule has 0 aliphatic rings. The van der Waals surface area contributed by atoms with Gasteiger partial charge in [0.1, 0.15) is 0 Å². The lowest BCUT2D eigenvalue weighted by atomic mass is 10.1. The van der Waals surface area contributed by atoms with Crippen LogP contribution in [0.25, 0.3) is 0 Å². The fraction of sp³-hybridized carbons (Fsp3) is 0.364. The number of ether oxygens (including phenoxy) is 3. The van der Waals surface area contributed by atoms with Gasteiger partial charge in [0, 0.05) is 31.0 Å². The lowest BCUT2D eigenvalue weighted by Crippen LogP contribution is -2.25. The number of benzene rings is 2. The molecule has 0 aliphatic carbocycles. The Bertz CT molecular complexity index is 823. The first-order valence-electron chi connectivity index (χ1n) is 9.54. The Labute approximate surface area is 171 Å². The highest BCUT2D eigenvalue weighted by Gasteiger charge is 2.10. The molecular weight excluding hydrogens is 372 g/mol. The highest BCUT2D eigenvalue weighted by atomic mass is 16.5. The summed E-state index contributed by atoms with van der Waals surface area (Å²) in [6.07, 6.45) is 0.926. The summed E-state index contributed by atoms with van der Waals surface area (Å²) in [5.41, 5.74) is 1.85. The van der Waals surface area contributed by atoms with Crippen LogP contribution < -0.4 is 20.1 Å². The predicted molar refractivity (Wildman–Crippen MR) is 112 cm³/mol. The molecule has 29 heavy (non-hydrogen) atoms. The summed E-state index contributed by atoms with van der Waals surface area (Å²) in [5.74, 6) is 0.807. The van der Waals surface area contributed by atoms with Crippen molar-refractivity contribution in [2.24, 2.45) is 0 Å². The summed E-state index contributed by atoms with van der Waals surface area (Å²) >= 11 is 0. The molecule has 2 amide bonds. The number of methoxy groups -OCH3 is 2. The molecule has 2 N–H and O–H groups in total. The Morgan fingerprint density at radius 2 is 1.79 bits per heavy atom. The third kappa shape index (κ3) is 7.12. The van der Waals surface area contributed by atoms with Crippen LogP contribution in [0.3, 0.4) is 0 Å². The van der Waals surface area contributed by atoms with Crippen molar-refractivity contribution in [1.82, 2.24) is 5.32 Å². The van der Waals surface area contributed by atoms with Gasteiger partial charge in [-0.2, -0.15) is 0 Å². The average molecular weight is 400 g/mol. The fourth-order valence-electron chi connectivity index (χ4n) is 2.74. The van der Waals surface area contributed by atoms with Crippen LogP contribution in [-0.4, -0.2) is 45.8 Å². The maximum atomic E-state index is 12.4. The molecule has 7 nitrogen and oxygen atoms in total. The molecule has 0 saturated heterocycles. The number of hydrogen-bond donors (Lipinski definition) is 2. The first-order valence-corrected chi connectivity index (χ1v) is 9.54. The van der Waals surface area contributed by atoms with Gasteiger partial charge in [-0.25, -0.2) is 0 Å². The van der Waals surface area contributed by atoms with Crippen molar-refractivity contribution in [2.45, 2.75) is 19.8 Å². The molecule has 2 aromatic rings. The lowest BCUT2D eigenvalue weighted by molar-refractivity contribution is -0.115. The summed E-state index contributed by atoms with van der Waals surface area (Å²) in [4.78, 5) is 24.6. The molecule has 7 heteroatoms. The summed E-state index contributed by atoms with van der Waals surface area (Å²) in [7, 11) is 3.11. The van der Waals surface area contributed by atoms with Crippen LogP contribution >= 0.6 is 0 Å². The van der Waals surface area contributed by atoms with E-state index >= 15 is 0 Å². The van der Waals surface area contributed by atoms with Crippen LogP contribution in [0.5, 0.6) is 11.5 Å². The first kappa shape index (κ1) is 22.2. The number of anilines is 1. The standard InChI is InChI=1S/C22H28N2O5/c1-4-29-12-6-11-23-22(26)17-7-5-8-18(15-17)24-21(25)14-16-9-10-19(27-2)20(13-16)28-3/h5,7-10,13,15H,4,6,11-12,14H2,1-3H3,(H,23,26)(H,24,25). The highest BCUT2D eigenvalue weighted by molar-refractivity contribution is 5.97. The van der Waals surface area contributed by atoms with Gasteiger partial charge in [0.15, 0.2) is 11.5 Å². The second kappa shape index (κ2) is 11.7. The fourth-order valence-corrected chi connectivity index (χ4v) is 2.74. The summed E-state index contributed by atoms with van der Waals surface area (Å²) < 4.78 is 15.7. The second-order valence-electron chi connectivity index (χ2n) is 6.30. The maximum Gasteiger partial charge on any atom is 0.251 e. The predicted octanol–water partition coefficient (Wildman–Crippen LogP) is 3.04. The molecule has 0 unspecified atom stereocenters. The molecule has 0 aromatic heterocycles. The number of hydrogen-bond acceptors (Lipinski definition) is 5. The van der Waals surface area contributed by atoms with Gasteiger partial charge < -0.3 is 24.8 Å². The molecule has 2 aromatic carbocycles. The third-order valence-electron chi connectivity index (χ3n) is 4.18. The van der Waals surface area contributed by atoms with Crippen LogP contribution in [0.15, 0.2) is 42.5 Å². The first-order chi connectivity index (χ1) is 14.1. The van der Waals surface area contributed by atoms with E-state index in [-0.39, 0.29) is 18.2 Å². The van der Waals surface area contributed by atoms with E-state index in [1.165, 1.54) is 0 Å². The molecule has 0 saturated carbocycles. The van der Waals surface area contributed by atoms with Gasteiger partial charge >= 0.3 is 0 Å². The summed E-state index contributed by atoms with van der Waals surface area (Å²) in [6.45, 7) is 3.75. The van der Waals surface area contributed by atoms with Crippen LogP contribution in [-0.2, 0) is 16.0 Å². The third-order valence-corrected chi connectivity index (χ3v) is 4.18. The molecule has 0 radical (unpaired) electrons. The van der Waals surface area contributed by atoms with Gasteiger partial charge in [-0.1, -0.05) is 12.1 Å². The monoisotopic (exact) mass is 400 g/mol. The molecule has 0 fully saturated rings. The molecule has 0 spiro atoms. The molecular formula is C22H28N2O5. The number of nitrogens with one attached hydrogen (secondary N) is 2. The largest absolute Gasteiger partial charge is 0.493 e. The van der Waals surface area contributed by atoms with E-state index in [4.69, 9.17) is 14.2 Å². The molecule has 156 valence electrons. The van der Waals surface area contributed by atoms with Gasteiger partial charge in [0.25, 0.3) is 5.91 Å². The SMILES string of the molecule is CCOCCCNC(=O)c1cccc(NC(=O)Cc2ccc(OC)c(OC)c2)c1. The number of carbonyl (C=O) groups excluding carboxylic acids is 2. The molecule has 0 atom stereocenters. The van der Waals surface area contributed by atoms with E-state index in [1.807, 2.05) is 13.0 Å². The Morgan fingerprint density at radius 1 is 1.00 bits per heavy atom. The Morgan fingerprint density at radius 3 is 2.52 bits per heavy atom. The number of rotatable bonds is 11. The Balaban J connectivity index is 1.92. The zero-order valence-corrected chi connectivity index (χ0v) is 17.1. The highest BCUT2D eigenvalue weighted by Crippen LogP contribution is 2.27.